The molecule has 2 N–H and O–H groups in total. The molecule has 7 atom stereocenters. The van der Waals surface area contributed by atoms with Crippen molar-refractivity contribution in [1.29, 1.82) is 0 Å². The molecule has 0 aromatic heterocycles. The maximum atomic E-state index is 13.2. The fourth-order valence-electron chi connectivity index (χ4n) is 7.65. The Kier molecular flexibility index (Phi) is 3.19. The van der Waals surface area contributed by atoms with E-state index < -0.39 is 27.8 Å². The van der Waals surface area contributed by atoms with Gasteiger partial charge in [-0.3, -0.25) is 9.59 Å². The van der Waals surface area contributed by atoms with Crippen molar-refractivity contribution in [1.82, 2.24) is 0 Å². The van der Waals surface area contributed by atoms with Gasteiger partial charge in [-0.15, -0.1) is 0 Å². The Morgan fingerprint density at radius 3 is 2.50 bits per heavy atom. The van der Waals surface area contributed by atoms with E-state index in [9.17, 15) is 19.8 Å². The van der Waals surface area contributed by atoms with Crippen LogP contribution in [0.1, 0.15) is 72.1 Å². The van der Waals surface area contributed by atoms with E-state index >= 15 is 0 Å². The molecular weight excluding hydrogens is 304 g/mol. The quantitative estimate of drug-likeness (QED) is 0.770. The van der Waals surface area contributed by atoms with Gasteiger partial charge in [0.1, 0.15) is 5.78 Å². The number of carboxylic acids is 1. The Hall–Kier alpha value is -0.900. The van der Waals surface area contributed by atoms with Crippen LogP contribution in [0.4, 0.5) is 0 Å². The molecule has 2 bridgehead atoms. The van der Waals surface area contributed by atoms with E-state index in [1.165, 1.54) is 0 Å². The summed E-state index contributed by atoms with van der Waals surface area (Å²) in [6.07, 6.45) is 6.15. The lowest BCUT2D eigenvalue weighted by Gasteiger charge is -2.66. The third kappa shape index (κ3) is 1.55. The zero-order valence-corrected chi connectivity index (χ0v) is 15.1. The maximum absolute atomic E-state index is 13.2. The fourth-order valence-corrected chi connectivity index (χ4v) is 7.65. The van der Waals surface area contributed by atoms with Gasteiger partial charge in [-0.25, -0.2) is 0 Å². The van der Waals surface area contributed by atoms with Crippen molar-refractivity contribution in [2.45, 2.75) is 77.7 Å². The van der Waals surface area contributed by atoms with Crippen LogP contribution in [-0.2, 0) is 9.59 Å². The highest BCUT2D eigenvalue weighted by Gasteiger charge is 2.75. The van der Waals surface area contributed by atoms with Crippen molar-refractivity contribution >= 4 is 11.8 Å². The number of hydrogen-bond acceptors (Lipinski definition) is 3. The first-order chi connectivity index (χ1) is 11.1. The highest BCUT2D eigenvalue weighted by Crippen LogP contribution is 2.72. The minimum atomic E-state index is -1.03. The SMILES string of the molecule is C[C@H]1C(=O)[C@@]23CC[C@@H]4[C@](C)(C(=O)O)CCC[C@@]4(C)[C@@]2(O)CC[C@H]1C3. The van der Waals surface area contributed by atoms with Crippen LogP contribution in [0.2, 0.25) is 0 Å². The van der Waals surface area contributed by atoms with E-state index in [1.54, 1.807) is 0 Å². The Labute approximate surface area is 144 Å². The molecule has 0 amide bonds. The molecule has 0 aliphatic heterocycles. The Bertz CT molecular complexity index is 615. The molecule has 4 aliphatic carbocycles. The van der Waals surface area contributed by atoms with Crippen molar-refractivity contribution in [3.8, 4) is 0 Å². The molecule has 0 aromatic rings. The number of aliphatic carboxylic acids is 1. The summed E-state index contributed by atoms with van der Waals surface area (Å²) in [5.74, 6) is -0.0688. The fraction of sp³-hybridized carbons (Fsp3) is 0.900. The van der Waals surface area contributed by atoms with Gasteiger partial charge >= 0.3 is 5.97 Å². The number of rotatable bonds is 1. The monoisotopic (exact) mass is 334 g/mol. The lowest BCUT2D eigenvalue weighted by Crippen LogP contribution is -2.70. The molecule has 4 aliphatic rings. The topological polar surface area (TPSA) is 74.6 Å². The number of carbonyl (C=O) groups excluding carboxylic acids is 1. The standard InChI is InChI=1S/C20H30O4/c1-12-13-5-10-20(24)18(3)8-4-7-17(2,16(22)23)14(18)6-9-19(20,11-13)15(12)21/h12-14,24H,4-11H2,1-3H3,(H,22,23)/t12-,13+,14-,17-,18-,19+,20+/m1/s1. The van der Waals surface area contributed by atoms with Gasteiger partial charge in [0.15, 0.2) is 0 Å². The number of ketones is 1. The number of Topliss-reactive ketones (excluding diaryl/α,β-unsaturated/α-hetero) is 1. The zero-order chi connectivity index (χ0) is 17.5. The number of fused-ring (bicyclic) bond motifs is 3. The van der Waals surface area contributed by atoms with Crippen molar-refractivity contribution in [2.24, 2.45) is 34.0 Å². The molecule has 0 radical (unpaired) electrons. The summed E-state index contributed by atoms with van der Waals surface area (Å²) in [6.45, 7) is 5.99. The van der Waals surface area contributed by atoms with Gasteiger partial charge in [-0.05, 0) is 63.7 Å². The third-order valence-electron chi connectivity index (χ3n) is 9.10. The van der Waals surface area contributed by atoms with Crippen LogP contribution in [0.25, 0.3) is 0 Å². The summed E-state index contributed by atoms with van der Waals surface area (Å²) in [4.78, 5) is 25.2. The molecule has 0 heterocycles. The van der Waals surface area contributed by atoms with E-state index in [-0.39, 0.29) is 17.6 Å². The highest BCUT2D eigenvalue weighted by atomic mass is 16.4. The van der Waals surface area contributed by atoms with Gasteiger partial charge in [0.05, 0.1) is 16.4 Å². The Balaban J connectivity index is 1.85. The number of carboxylic acid groups (broad SMARTS) is 1. The lowest BCUT2D eigenvalue weighted by atomic mass is 9.38. The molecule has 0 saturated heterocycles. The second kappa shape index (κ2) is 4.63. The highest BCUT2D eigenvalue weighted by molar-refractivity contribution is 5.91. The van der Waals surface area contributed by atoms with Crippen molar-refractivity contribution in [2.75, 3.05) is 0 Å². The third-order valence-corrected chi connectivity index (χ3v) is 9.10. The smallest absolute Gasteiger partial charge is 0.309 e. The largest absolute Gasteiger partial charge is 0.481 e. The maximum Gasteiger partial charge on any atom is 0.309 e. The summed E-state index contributed by atoms with van der Waals surface area (Å²) >= 11 is 0. The van der Waals surface area contributed by atoms with Crippen LogP contribution in [0.5, 0.6) is 0 Å². The van der Waals surface area contributed by atoms with Crippen molar-refractivity contribution in [3.63, 3.8) is 0 Å². The second-order valence-electron chi connectivity index (χ2n) is 9.68. The van der Waals surface area contributed by atoms with Gasteiger partial charge in [0.2, 0.25) is 0 Å². The number of carbonyl (C=O) groups is 2. The van der Waals surface area contributed by atoms with E-state index in [0.29, 0.717) is 25.2 Å². The minimum Gasteiger partial charge on any atom is -0.481 e. The Morgan fingerprint density at radius 1 is 1.12 bits per heavy atom. The molecule has 4 rings (SSSR count). The van der Waals surface area contributed by atoms with E-state index in [2.05, 4.69) is 6.92 Å². The van der Waals surface area contributed by atoms with Crippen LogP contribution in [-0.4, -0.2) is 27.6 Å². The molecule has 0 aromatic carbocycles. The van der Waals surface area contributed by atoms with E-state index in [4.69, 9.17) is 0 Å². The average Bonchev–Trinajstić information content (AvgIpc) is 2.73. The molecule has 4 saturated carbocycles. The normalized spacial score (nSPS) is 56.5. The van der Waals surface area contributed by atoms with Gasteiger partial charge in [-0.1, -0.05) is 20.3 Å². The predicted octanol–water partition coefficient (Wildman–Crippen LogP) is 3.41. The molecular formula is C20H30O4. The van der Waals surface area contributed by atoms with Crippen molar-refractivity contribution < 1.29 is 19.8 Å². The van der Waals surface area contributed by atoms with Gasteiger partial charge < -0.3 is 10.2 Å². The first-order valence-electron chi connectivity index (χ1n) is 9.62. The lowest BCUT2D eigenvalue weighted by molar-refractivity contribution is -0.255. The molecule has 134 valence electrons. The van der Waals surface area contributed by atoms with Gasteiger partial charge in [0, 0.05) is 11.3 Å². The predicted molar refractivity (Wildman–Crippen MR) is 89.3 cm³/mol. The first-order valence-corrected chi connectivity index (χ1v) is 9.62. The molecule has 4 nitrogen and oxygen atoms in total. The Morgan fingerprint density at radius 2 is 1.83 bits per heavy atom. The molecule has 4 fully saturated rings. The second-order valence-corrected chi connectivity index (χ2v) is 9.68. The summed E-state index contributed by atoms with van der Waals surface area (Å²) in [5, 5.41) is 21.9. The summed E-state index contributed by atoms with van der Waals surface area (Å²) in [7, 11) is 0. The van der Waals surface area contributed by atoms with E-state index in [1.807, 2.05) is 13.8 Å². The first kappa shape index (κ1) is 16.6. The minimum absolute atomic E-state index is 0.0490. The van der Waals surface area contributed by atoms with Crippen LogP contribution >= 0.6 is 0 Å². The number of hydrogen-bond donors (Lipinski definition) is 2. The molecule has 1 spiro atoms. The zero-order valence-electron chi connectivity index (χ0n) is 15.1. The molecule has 24 heavy (non-hydrogen) atoms. The van der Waals surface area contributed by atoms with Gasteiger partial charge in [0.25, 0.3) is 0 Å². The number of aliphatic hydroxyl groups is 1. The summed E-state index contributed by atoms with van der Waals surface area (Å²) in [6, 6.07) is 0. The summed E-state index contributed by atoms with van der Waals surface area (Å²) < 4.78 is 0. The van der Waals surface area contributed by atoms with Crippen molar-refractivity contribution in [3.05, 3.63) is 0 Å². The van der Waals surface area contributed by atoms with Crippen LogP contribution in [0, 0.1) is 34.0 Å². The molecule has 4 heteroatoms. The van der Waals surface area contributed by atoms with Gasteiger partial charge in [-0.2, -0.15) is 0 Å². The summed E-state index contributed by atoms with van der Waals surface area (Å²) in [5.41, 5.74) is -2.90. The van der Waals surface area contributed by atoms with Crippen LogP contribution in [0.3, 0.4) is 0 Å². The average molecular weight is 334 g/mol. The van der Waals surface area contributed by atoms with Crippen LogP contribution in [0.15, 0.2) is 0 Å². The van der Waals surface area contributed by atoms with Crippen LogP contribution < -0.4 is 0 Å². The molecule has 0 unspecified atom stereocenters. The van der Waals surface area contributed by atoms with E-state index in [0.717, 1.165) is 32.1 Å².